The van der Waals surface area contributed by atoms with Crippen LogP contribution in [0.15, 0.2) is 29.2 Å². The molecule has 3 rings (SSSR count). The fourth-order valence-electron chi connectivity index (χ4n) is 4.11. The van der Waals surface area contributed by atoms with Gasteiger partial charge in [0.15, 0.2) is 0 Å². The van der Waals surface area contributed by atoms with E-state index in [-0.39, 0.29) is 16.5 Å². The maximum absolute atomic E-state index is 13.1. The van der Waals surface area contributed by atoms with Gasteiger partial charge in [0.05, 0.1) is 4.90 Å². The SMILES string of the molecule is O=C(NCC(F)(F)F)c1ccc(S(=O)(=O)N2CCCC(N3CCCCCC3)C2)cc1. The van der Waals surface area contributed by atoms with Crippen LogP contribution >= 0.6 is 0 Å². The summed E-state index contributed by atoms with van der Waals surface area (Å²) < 4.78 is 64.4. The smallest absolute Gasteiger partial charge is 0.343 e. The van der Waals surface area contributed by atoms with Crippen LogP contribution in [-0.2, 0) is 10.0 Å². The molecule has 0 saturated carbocycles. The first-order valence-corrected chi connectivity index (χ1v) is 11.8. The van der Waals surface area contributed by atoms with E-state index in [2.05, 4.69) is 4.90 Å². The van der Waals surface area contributed by atoms with Crippen LogP contribution in [0.25, 0.3) is 0 Å². The first-order chi connectivity index (χ1) is 14.2. The van der Waals surface area contributed by atoms with Crippen LogP contribution in [0.4, 0.5) is 13.2 Å². The van der Waals surface area contributed by atoms with Gasteiger partial charge in [-0.3, -0.25) is 9.69 Å². The van der Waals surface area contributed by atoms with Crippen molar-refractivity contribution in [1.29, 1.82) is 0 Å². The van der Waals surface area contributed by atoms with Crippen molar-refractivity contribution in [3.63, 3.8) is 0 Å². The maximum Gasteiger partial charge on any atom is 0.405 e. The lowest BCUT2D eigenvalue weighted by molar-refractivity contribution is -0.123. The van der Waals surface area contributed by atoms with E-state index < -0.39 is 28.7 Å². The Hall–Kier alpha value is -1.65. The highest BCUT2D eigenvalue weighted by molar-refractivity contribution is 7.89. The molecule has 0 bridgehead atoms. The lowest BCUT2D eigenvalue weighted by Gasteiger charge is -2.38. The zero-order valence-electron chi connectivity index (χ0n) is 16.8. The van der Waals surface area contributed by atoms with Crippen LogP contribution in [0.5, 0.6) is 0 Å². The van der Waals surface area contributed by atoms with Crippen LogP contribution in [0.2, 0.25) is 0 Å². The molecule has 1 N–H and O–H groups in total. The van der Waals surface area contributed by atoms with Gasteiger partial charge < -0.3 is 5.32 Å². The van der Waals surface area contributed by atoms with Crippen molar-refractivity contribution in [2.24, 2.45) is 0 Å². The summed E-state index contributed by atoms with van der Waals surface area (Å²) in [5, 5.41) is 1.78. The normalized spacial score (nSPS) is 22.4. The molecule has 10 heteroatoms. The third kappa shape index (κ3) is 5.95. The molecule has 6 nitrogen and oxygen atoms in total. The molecule has 2 saturated heterocycles. The van der Waals surface area contributed by atoms with Crippen LogP contribution in [0.1, 0.15) is 48.9 Å². The van der Waals surface area contributed by atoms with Gasteiger partial charge in [-0.15, -0.1) is 0 Å². The number of alkyl halides is 3. The second kappa shape index (κ2) is 9.65. The molecule has 2 aliphatic heterocycles. The van der Waals surface area contributed by atoms with Crippen molar-refractivity contribution in [3.8, 4) is 0 Å². The molecule has 2 aliphatic rings. The molecule has 1 atom stereocenters. The lowest BCUT2D eigenvalue weighted by atomic mass is 10.1. The largest absolute Gasteiger partial charge is 0.405 e. The molecule has 2 heterocycles. The summed E-state index contributed by atoms with van der Waals surface area (Å²) in [6.45, 7) is 1.45. The topological polar surface area (TPSA) is 69.7 Å². The van der Waals surface area contributed by atoms with Gasteiger partial charge in [-0.2, -0.15) is 17.5 Å². The average Bonchev–Trinajstić information content (AvgIpc) is 3.01. The van der Waals surface area contributed by atoms with E-state index in [1.807, 2.05) is 0 Å². The Labute approximate surface area is 175 Å². The molecular weight excluding hydrogens is 419 g/mol. The number of carbonyl (C=O) groups is 1. The molecule has 1 amide bonds. The second-order valence-electron chi connectivity index (χ2n) is 7.93. The molecular formula is C20H28F3N3O3S. The molecule has 168 valence electrons. The fraction of sp³-hybridized carbons (Fsp3) is 0.650. The summed E-state index contributed by atoms with van der Waals surface area (Å²) in [4.78, 5) is 14.3. The number of nitrogens with one attached hydrogen (secondary N) is 1. The van der Waals surface area contributed by atoms with Crippen molar-refractivity contribution in [2.45, 2.75) is 55.6 Å². The third-order valence-electron chi connectivity index (χ3n) is 5.72. The van der Waals surface area contributed by atoms with Crippen LogP contribution in [-0.4, -0.2) is 68.5 Å². The fourth-order valence-corrected chi connectivity index (χ4v) is 5.62. The zero-order valence-corrected chi connectivity index (χ0v) is 17.6. The van der Waals surface area contributed by atoms with E-state index in [0.717, 1.165) is 38.8 Å². The molecule has 1 aromatic carbocycles. The monoisotopic (exact) mass is 447 g/mol. The number of amides is 1. The molecule has 0 radical (unpaired) electrons. The number of benzene rings is 1. The van der Waals surface area contributed by atoms with Gasteiger partial charge >= 0.3 is 6.18 Å². The number of halogens is 3. The molecule has 0 aliphatic carbocycles. The molecule has 0 spiro atoms. The minimum atomic E-state index is -4.50. The number of rotatable bonds is 5. The lowest BCUT2D eigenvalue weighted by Crippen LogP contribution is -2.50. The van der Waals surface area contributed by atoms with E-state index in [0.29, 0.717) is 13.1 Å². The minimum absolute atomic E-state index is 0.0145. The second-order valence-corrected chi connectivity index (χ2v) is 9.87. The summed E-state index contributed by atoms with van der Waals surface area (Å²) in [6.07, 6.45) is 1.98. The number of hydrogen-bond donors (Lipinski definition) is 1. The number of piperidine rings is 1. The van der Waals surface area contributed by atoms with Crippen LogP contribution < -0.4 is 5.32 Å². The highest BCUT2D eigenvalue weighted by atomic mass is 32.2. The Morgan fingerprint density at radius 2 is 1.63 bits per heavy atom. The first-order valence-electron chi connectivity index (χ1n) is 10.4. The number of likely N-dealkylation sites (tertiary alicyclic amines) is 1. The summed E-state index contributed by atoms with van der Waals surface area (Å²) in [5.74, 6) is -0.893. The number of nitrogens with zero attached hydrogens (tertiary/aromatic N) is 2. The molecule has 30 heavy (non-hydrogen) atoms. The summed E-state index contributed by atoms with van der Waals surface area (Å²) in [7, 11) is -3.73. The van der Waals surface area contributed by atoms with E-state index in [4.69, 9.17) is 0 Å². The van der Waals surface area contributed by atoms with E-state index in [1.54, 1.807) is 5.32 Å². The van der Waals surface area contributed by atoms with Gasteiger partial charge in [0.1, 0.15) is 6.54 Å². The first kappa shape index (κ1) is 23.0. The van der Waals surface area contributed by atoms with Gasteiger partial charge in [0.25, 0.3) is 5.91 Å². The minimum Gasteiger partial charge on any atom is -0.343 e. The third-order valence-corrected chi connectivity index (χ3v) is 7.60. The summed E-state index contributed by atoms with van der Waals surface area (Å²) >= 11 is 0. The van der Waals surface area contributed by atoms with Crippen molar-refractivity contribution in [1.82, 2.24) is 14.5 Å². The number of sulfonamides is 1. The predicted octanol–water partition coefficient (Wildman–Crippen LogP) is 3.01. The Morgan fingerprint density at radius 1 is 1.00 bits per heavy atom. The van der Waals surface area contributed by atoms with E-state index in [9.17, 15) is 26.4 Å². The van der Waals surface area contributed by atoms with Crippen molar-refractivity contribution >= 4 is 15.9 Å². The zero-order chi connectivity index (χ0) is 21.8. The van der Waals surface area contributed by atoms with Crippen LogP contribution in [0.3, 0.4) is 0 Å². The maximum atomic E-state index is 13.1. The number of carbonyl (C=O) groups excluding carboxylic acids is 1. The Bertz CT molecular complexity index is 820. The average molecular weight is 448 g/mol. The molecule has 1 unspecified atom stereocenters. The van der Waals surface area contributed by atoms with E-state index in [1.165, 1.54) is 41.4 Å². The summed E-state index contributed by atoms with van der Waals surface area (Å²) in [5.41, 5.74) is -0.0145. The van der Waals surface area contributed by atoms with Gasteiger partial charge in [0.2, 0.25) is 10.0 Å². The highest BCUT2D eigenvalue weighted by Crippen LogP contribution is 2.25. The Kier molecular flexibility index (Phi) is 7.41. The van der Waals surface area contributed by atoms with Crippen molar-refractivity contribution in [2.75, 3.05) is 32.7 Å². The van der Waals surface area contributed by atoms with Gasteiger partial charge in [0, 0.05) is 24.7 Å². The van der Waals surface area contributed by atoms with Crippen molar-refractivity contribution < 1.29 is 26.4 Å². The molecule has 0 aromatic heterocycles. The van der Waals surface area contributed by atoms with E-state index >= 15 is 0 Å². The standard InChI is InChI=1S/C20H28F3N3O3S/c21-20(22,23)15-24-19(27)16-7-9-18(10-8-16)30(28,29)26-13-5-6-17(14-26)25-11-3-1-2-4-12-25/h7-10,17H,1-6,11-15H2,(H,24,27). The van der Waals surface area contributed by atoms with Gasteiger partial charge in [-0.25, -0.2) is 8.42 Å². The predicted molar refractivity (Wildman–Crippen MR) is 107 cm³/mol. The Morgan fingerprint density at radius 3 is 2.23 bits per heavy atom. The van der Waals surface area contributed by atoms with Crippen LogP contribution in [0, 0.1) is 0 Å². The number of hydrogen-bond acceptors (Lipinski definition) is 4. The van der Waals surface area contributed by atoms with Crippen molar-refractivity contribution in [3.05, 3.63) is 29.8 Å². The van der Waals surface area contributed by atoms with Gasteiger partial charge in [-0.1, -0.05) is 12.8 Å². The quantitative estimate of drug-likeness (QED) is 0.754. The Balaban J connectivity index is 1.66. The van der Waals surface area contributed by atoms with Gasteiger partial charge in [-0.05, 0) is 63.0 Å². The summed E-state index contributed by atoms with van der Waals surface area (Å²) in [6, 6.07) is 5.27. The molecule has 2 fully saturated rings. The highest BCUT2D eigenvalue weighted by Gasteiger charge is 2.33. The molecule has 1 aromatic rings.